The van der Waals surface area contributed by atoms with Crippen molar-refractivity contribution in [2.45, 2.75) is 25.3 Å². The predicted octanol–water partition coefficient (Wildman–Crippen LogP) is 2.95. The van der Waals surface area contributed by atoms with Gasteiger partial charge in [0.1, 0.15) is 17.1 Å². The van der Waals surface area contributed by atoms with E-state index in [0.717, 1.165) is 0 Å². The fourth-order valence-electron chi connectivity index (χ4n) is 4.07. The first-order valence-electron chi connectivity index (χ1n) is 10.5. The molecule has 1 aromatic carbocycles. The second-order valence-corrected chi connectivity index (χ2v) is 9.79. The lowest BCUT2D eigenvalue weighted by atomic mass is 9.70. The zero-order chi connectivity index (χ0) is 22.3. The summed E-state index contributed by atoms with van der Waals surface area (Å²) >= 11 is 1.44. The van der Waals surface area contributed by atoms with E-state index in [1.807, 2.05) is 6.92 Å². The Morgan fingerprint density at radius 2 is 2.19 bits per heavy atom. The first-order valence-corrected chi connectivity index (χ1v) is 11.5. The van der Waals surface area contributed by atoms with Gasteiger partial charge in [-0.25, -0.2) is 19.4 Å². The number of amides is 1. The molecule has 2 atom stereocenters. The van der Waals surface area contributed by atoms with E-state index in [0.29, 0.717) is 47.2 Å². The van der Waals surface area contributed by atoms with Crippen LogP contribution in [-0.2, 0) is 10.3 Å². The molecule has 2 aromatic rings. The number of fused-ring (bicyclic) bond motifs is 1. The Balaban J connectivity index is 1.37. The van der Waals surface area contributed by atoms with E-state index in [-0.39, 0.29) is 12.3 Å². The zero-order valence-electron chi connectivity index (χ0n) is 17.6. The van der Waals surface area contributed by atoms with Gasteiger partial charge in [-0.3, -0.25) is 4.79 Å². The number of carbonyl (C=O) groups excluding carboxylic acids is 1. The maximum Gasteiger partial charge on any atom is 0.275 e. The van der Waals surface area contributed by atoms with E-state index in [9.17, 15) is 4.79 Å². The van der Waals surface area contributed by atoms with E-state index in [2.05, 4.69) is 20.3 Å². The van der Waals surface area contributed by atoms with Crippen LogP contribution in [0.15, 0.2) is 35.6 Å². The largest absolute Gasteiger partial charge is 0.476 e. The Bertz CT molecular complexity index is 1080. The molecule has 0 bridgehead atoms. The highest BCUT2D eigenvalue weighted by molar-refractivity contribution is 8.13. The fourth-order valence-corrected chi connectivity index (χ4v) is 5.08. The van der Waals surface area contributed by atoms with Gasteiger partial charge in [-0.1, -0.05) is 18.7 Å². The van der Waals surface area contributed by atoms with Gasteiger partial charge in [0.15, 0.2) is 5.17 Å². The van der Waals surface area contributed by atoms with E-state index in [1.165, 1.54) is 49.1 Å². The molecule has 10 heteroatoms. The third kappa shape index (κ3) is 3.81. The van der Waals surface area contributed by atoms with Crippen LogP contribution >= 0.6 is 11.8 Å². The Kier molecular flexibility index (Phi) is 5.29. The first kappa shape index (κ1) is 21.1. The fraction of sp³-hybridized carbons (Fsp3) is 0.455. The first-order chi connectivity index (χ1) is 15.4. The monoisotopic (exact) mass is 457 g/mol. The van der Waals surface area contributed by atoms with Gasteiger partial charge in [0.05, 0.1) is 32.2 Å². The summed E-state index contributed by atoms with van der Waals surface area (Å²) in [5, 5.41) is 3.17. The summed E-state index contributed by atoms with van der Waals surface area (Å²) in [6, 6.07) is 4.44. The number of hydrogen-bond acceptors (Lipinski definition) is 8. The minimum atomic E-state index is -0.937. The summed E-state index contributed by atoms with van der Waals surface area (Å²) in [4.78, 5) is 25.6. The number of aromatic nitrogens is 2. The van der Waals surface area contributed by atoms with Crippen LogP contribution < -0.4 is 15.8 Å². The van der Waals surface area contributed by atoms with Crippen LogP contribution in [0, 0.1) is 17.2 Å². The third-order valence-electron chi connectivity index (χ3n) is 6.26. The van der Waals surface area contributed by atoms with Crippen LogP contribution in [0.1, 0.15) is 35.8 Å². The molecule has 1 aliphatic carbocycles. The molecule has 32 heavy (non-hydrogen) atoms. The van der Waals surface area contributed by atoms with Crippen LogP contribution in [-0.4, -0.2) is 46.6 Å². The molecule has 2 fully saturated rings. The van der Waals surface area contributed by atoms with Gasteiger partial charge in [-0.2, -0.15) is 0 Å². The Morgan fingerprint density at radius 1 is 1.34 bits per heavy atom. The molecule has 1 saturated carbocycles. The number of carbonyl (C=O) groups is 1. The summed E-state index contributed by atoms with van der Waals surface area (Å²) in [6.45, 7) is 3.33. The number of nitrogens with one attached hydrogen (secondary N) is 1. The summed E-state index contributed by atoms with van der Waals surface area (Å²) in [5.41, 5.74) is 5.58. The number of nitrogens with two attached hydrogens (primary N) is 1. The number of amidine groups is 1. The van der Waals surface area contributed by atoms with E-state index in [4.69, 9.17) is 15.2 Å². The molecule has 5 rings (SSSR count). The highest BCUT2D eigenvalue weighted by Crippen LogP contribution is 2.53. The number of nitrogens with zero attached hydrogens (tertiary/aromatic N) is 3. The number of hydrogen-bond donors (Lipinski definition) is 2. The van der Waals surface area contributed by atoms with E-state index < -0.39 is 22.7 Å². The molecule has 2 aliphatic heterocycles. The number of benzene rings is 1. The normalized spacial score (nSPS) is 26.9. The van der Waals surface area contributed by atoms with Crippen LogP contribution in [0.25, 0.3) is 0 Å². The number of halogens is 1. The van der Waals surface area contributed by atoms with Gasteiger partial charge in [0, 0.05) is 22.4 Å². The average molecular weight is 458 g/mol. The number of rotatable bonds is 6. The topological polar surface area (TPSA) is 112 Å². The minimum absolute atomic E-state index is 0.137. The van der Waals surface area contributed by atoms with Gasteiger partial charge in [0.2, 0.25) is 5.88 Å². The predicted molar refractivity (Wildman–Crippen MR) is 119 cm³/mol. The maximum atomic E-state index is 15.0. The van der Waals surface area contributed by atoms with Crippen molar-refractivity contribution >= 4 is 28.5 Å². The molecule has 3 N–H and O–H groups in total. The quantitative estimate of drug-likeness (QED) is 0.686. The average Bonchev–Trinajstić information content (AvgIpc) is 3.55. The number of aliphatic imine (C=N–C) groups is 1. The smallest absolute Gasteiger partial charge is 0.275 e. The molecular weight excluding hydrogens is 433 g/mol. The minimum Gasteiger partial charge on any atom is -0.476 e. The van der Waals surface area contributed by atoms with Gasteiger partial charge in [-0.15, -0.1) is 0 Å². The molecule has 1 saturated heterocycles. The lowest BCUT2D eigenvalue weighted by molar-refractivity contribution is 0.102. The summed E-state index contributed by atoms with van der Waals surface area (Å²) in [5.74, 6) is 0.793. The molecule has 1 aromatic heterocycles. The Morgan fingerprint density at radius 3 is 2.94 bits per heavy atom. The lowest BCUT2D eigenvalue weighted by Crippen LogP contribution is -2.48. The van der Waals surface area contributed by atoms with Crippen molar-refractivity contribution in [1.29, 1.82) is 0 Å². The van der Waals surface area contributed by atoms with Crippen molar-refractivity contribution in [2.24, 2.45) is 22.1 Å². The van der Waals surface area contributed by atoms with Crippen molar-refractivity contribution in [3.8, 4) is 5.88 Å². The lowest BCUT2D eigenvalue weighted by Gasteiger charge is -2.42. The summed E-state index contributed by atoms with van der Waals surface area (Å²) in [7, 11) is 0. The highest BCUT2D eigenvalue weighted by atomic mass is 32.2. The van der Waals surface area contributed by atoms with Crippen molar-refractivity contribution in [2.75, 3.05) is 30.9 Å². The number of thioether (sulfide) groups is 1. The van der Waals surface area contributed by atoms with Crippen LogP contribution in [0.3, 0.4) is 0 Å². The molecule has 0 radical (unpaired) electrons. The number of anilines is 1. The molecule has 8 nitrogen and oxygen atoms in total. The van der Waals surface area contributed by atoms with Crippen molar-refractivity contribution < 1.29 is 18.7 Å². The standard InChI is InChI=1S/C22H24FN5O3S/c1-21-10-30-11-22(21,28-20(24)32-12-21)15-6-14(4-5-16(15)23)27-19(29)17-7-26-18(8-25-17)31-9-13-2-3-13/h4-8,13H,2-3,9-12H2,1H3,(H2,24,28)(H,27,29). The SMILES string of the molecule is CC12COCC1(c1cc(NC(=O)c3cnc(OCC4CC4)cn3)ccc1F)N=C(N)SC2. The molecule has 168 valence electrons. The molecule has 1 amide bonds. The molecule has 2 unspecified atom stereocenters. The van der Waals surface area contributed by atoms with Gasteiger partial charge < -0.3 is 20.5 Å². The summed E-state index contributed by atoms with van der Waals surface area (Å²) < 4.78 is 26.3. The highest BCUT2D eigenvalue weighted by Gasteiger charge is 2.57. The van der Waals surface area contributed by atoms with Crippen LogP contribution in [0.2, 0.25) is 0 Å². The van der Waals surface area contributed by atoms with Gasteiger partial charge in [0.25, 0.3) is 5.91 Å². The summed E-state index contributed by atoms with van der Waals surface area (Å²) in [6.07, 6.45) is 5.16. The van der Waals surface area contributed by atoms with E-state index >= 15 is 4.39 Å². The van der Waals surface area contributed by atoms with Gasteiger partial charge >= 0.3 is 0 Å². The molecule has 3 aliphatic rings. The number of ether oxygens (including phenoxy) is 2. The van der Waals surface area contributed by atoms with E-state index in [1.54, 1.807) is 6.07 Å². The second kappa shape index (κ2) is 8.00. The molecule has 3 heterocycles. The van der Waals surface area contributed by atoms with Crippen LogP contribution in [0.5, 0.6) is 5.88 Å². The Labute approximate surface area is 189 Å². The Hall–Kier alpha value is -2.72. The van der Waals surface area contributed by atoms with Crippen molar-refractivity contribution in [1.82, 2.24) is 9.97 Å². The third-order valence-corrected chi connectivity index (χ3v) is 7.43. The van der Waals surface area contributed by atoms with Crippen LogP contribution in [0.4, 0.5) is 10.1 Å². The maximum absolute atomic E-state index is 15.0. The van der Waals surface area contributed by atoms with Crippen molar-refractivity contribution in [3.63, 3.8) is 0 Å². The second-order valence-electron chi connectivity index (χ2n) is 8.80. The van der Waals surface area contributed by atoms with Crippen molar-refractivity contribution in [3.05, 3.63) is 47.7 Å². The van der Waals surface area contributed by atoms with Gasteiger partial charge in [-0.05, 0) is 37.0 Å². The molecular formula is C22H24FN5O3S. The molecule has 0 spiro atoms. The zero-order valence-corrected chi connectivity index (χ0v) is 18.5.